The summed E-state index contributed by atoms with van der Waals surface area (Å²) >= 11 is 6.05. The van der Waals surface area contributed by atoms with E-state index >= 15 is 0 Å². The molecule has 2 fully saturated rings. The van der Waals surface area contributed by atoms with Crippen molar-refractivity contribution in [1.29, 1.82) is 0 Å². The van der Waals surface area contributed by atoms with Crippen molar-refractivity contribution in [2.24, 2.45) is 5.41 Å². The summed E-state index contributed by atoms with van der Waals surface area (Å²) in [6.07, 6.45) is 7.08. The van der Waals surface area contributed by atoms with E-state index in [0.29, 0.717) is 17.5 Å². The quantitative estimate of drug-likeness (QED) is 0.498. The summed E-state index contributed by atoms with van der Waals surface area (Å²) in [5, 5.41) is 3.75. The minimum atomic E-state index is -0.221. The summed E-state index contributed by atoms with van der Waals surface area (Å²) in [4.78, 5) is 34.0. The summed E-state index contributed by atoms with van der Waals surface area (Å²) in [6.45, 7) is 4.13. The van der Waals surface area contributed by atoms with Gasteiger partial charge in [-0.25, -0.2) is 0 Å². The molecule has 1 spiro atoms. The number of hydrogen-bond donors (Lipinski definition) is 1. The Morgan fingerprint density at radius 2 is 1.83 bits per heavy atom. The van der Waals surface area contributed by atoms with Crippen LogP contribution in [-0.2, 0) is 20.9 Å². The molecule has 36 heavy (non-hydrogen) atoms. The van der Waals surface area contributed by atoms with Gasteiger partial charge in [0.1, 0.15) is 6.61 Å². The predicted octanol–water partition coefficient (Wildman–Crippen LogP) is 4.29. The highest BCUT2D eigenvalue weighted by atomic mass is 35.5. The summed E-state index contributed by atoms with van der Waals surface area (Å²) in [6, 6.07) is 11.4. The summed E-state index contributed by atoms with van der Waals surface area (Å²) in [5.41, 5.74) is 1.88. The van der Waals surface area contributed by atoms with Gasteiger partial charge in [0.15, 0.2) is 0 Å². The van der Waals surface area contributed by atoms with E-state index < -0.39 is 0 Å². The van der Waals surface area contributed by atoms with E-state index in [4.69, 9.17) is 16.3 Å². The molecule has 2 saturated heterocycles. The van der Waals surface area contributed by atoms with Gasteiger partial charge in [0, 0.05) is 44.2 Å². The normalized spacial score (nSPS) is 17.8. The van der Waals surface area contributed by atoms with Crippen LogP contribution in [0.2, 0.25) is 5.02 Å². The largest absolute Gasteiger partial charge is 0.375 e. The fraction of sp³-hybridized carbons (Fsp3) is 0.500. The fourth-order valence-electron chi connectivity index (χ4n) is 5.12. The summed E-state index contributed by atoms with van der Waals surface area (Å²) < 4.78 is 4.98. The fourth-order valence-corrected chi connectivity index (χ4v) is 5.25. The van der Waals surface area contributed by atoms with Crippen LogP contribution in [0.1, 0.15) is 42.9 Å². The molecule has 0 aliphatic carbocycles. The number of likely N-dealkylation sites (tertiary alicyclic amines) is 2. The first kappa shape index (κ1) is 30.3. The first-order valence-corrected chi connectivity index (χ1v) is 12.3. The third-order valence-corrected chi connectivity index (χ3v) is 7.38. The zero-order valence-electron chi connectivity index (χ0n) is 20.5. The van der Waals surface area contributed by atoms with E-state index in [0.717, 1.165) is 63.0 Å². The van der Waals surface area contributed by atoms with Gasteiger partial charge >= 0.3 is 0 Å². The molecule has 2 aliphatic rings. The Morgan fingerprint density at radius 1 is 1.14 bits per heavy atom. The number of ether oxygens (including phenoxy) is 1. The van der Waals surface area contributed by atoms with Crippen LogP contribution in [0, 0.1) is 5.41 Å². The van der Waals surface area contributed by atoms with Gasteiger partial charge in [0.05, 0.1) is 11.5 Å². The minimum Gasteiger partial charge on any atom is -0.375 e. The number of nitrogens with one attached hydrogen (secondary N) is 1. The van der Waals surface area contributed by atoms with Crippen LogP contribution in [0.25, 0.3) is 0 Å². The Kier molecular flexibility index (Phi) is 11.9. The van der Waals surface area contributed by atoms with Crippen molar-refractivity contribution in [2.45, 2.75) is 38.3 Å². The lowest BCUT2D eigenvalue weighted by Gasteiger charge is -2.38. The molecule has 1 N–H and O–H groups in total. The number of benzene rings is 1. The number of carbonyl (C=O) groups excluding carboxylic acids is 2. The monoisotopic (exact) mass is 556 g/mol. The minimum absolute atomic E-state index is 0. The van der Waals surface area contributed by atoms with Gasteiger partial charge in [-0.15, -0.1) is 24.8 Å². The number of aromatic nitrogens is 1. The second-order valence-electron chi connectivity index (χ2n) is 9.35. The Balaban J connectivity index is 0.00000228. The SMILES string of the molecule is COCC(=O)NC(CCN1CCC2(CC1)CCN(Cc1cccnc1)C2=O)c1ccc(Cl)cc1.Cl.Cl. The second kappa shape index (κ2) is 14.1. The van der Waals surface area contributed by atoms with E-state index in [9.17, 15) is 9.59 Å². The number of hydrogen-bond acceptors (Lipinski definition) is 5. The van der Waals surface area contributed by atoms with E-state index in [1.165, 1.54) is 7.11 Å². The molecule has 0 bridgehead atoms. The lowest BCUT2D eigenvalue weighted by atomic mass is 9.77. The highest BCUT2D eigenvalue weighted by molar-refractivity contribution is 6.30. The number of carbonyl (C=O) groups is 2. The predicted molar refractivity (Wildman–Crippen MR) is 146 cm³/mol. The van der Waals surface area contributed by atoms with Crippen molar-refractivity contribution in [3.8, 4) is 0 Å². The number of rotatable bonds is 9. The van der Waals surface area contributed by atoms with Crippen molar-refractivity contribution in [2.75, 3.05) is 39.9 Å². The third-order valence-electron chi connectivity index (χ3n) is 7.13. The molecule has 7 nitrogen and oxygen atoms in total. The molecule has 3 heterocycles. The van der Waals surface area contributed by atoms with Crippen molar-refractivity contribution < 1.29 is 14.3 Å². The highest BCUT2D eigenvalue weighted by Crippen LogP contribution is 2.42. The molecule has 4 rings (SSSR count). The van der Waals surface area contributed by atoms with Crippen LogP contribution in [0.3, 0.4) is 0 Å². The zero-order chi connectivity index (χ0) is 24.0. The molecule has 1 unspecified atom stereocenters. The van der Waals surface area contributed by atoms with Crippen LogP contribution < -0.4 is 5.32 Å². The Bertz CT molecular complexity index is 970. The number of piperidine rings is 1. The number of halogens is 3. The third kappa shape index (κ3) is 7.56. The van der Waals surface area contributed by atoms with E-state index in [1.807, 2.05) is 47.5 Å². The van der Waals surface area contributed by atoms with E-state index in [1.54, 1.807) is 6.20 Å². The molecular formula is C26H35Cl3N4O3. The van der Waals surface area contributed by atoms with Gasteiger partial charge in [0.2, 0.25) is 11.8 Å². The van der Waals surface area contributed by atoms with Gasteiger partial charge in [-0.2, -0.15) is 0 Å². The van der Waals surface area contributed by atoms with Crippen molar-refractivity contribution >= 4 is 48.2 Å². The van der Waals surface area contributed by atoms with Gasteiger partial charge in [-0.1, -0.05) is 29.8 Å². The maximum atomic E-state index is 13.3. The average Bonchev–Trinajstić information content (AvgIpc) is 3.14. The summed E-state index contributed by atoms with van der Waals surface area (Å²) in [7, 11) is 1.52. The molecule has 2 aromatic rings. The zero-order valence-corrected chi connectivity index (χ0v) is 22.9. The molecule has 1 aromatic heterocycles. The number of amides is 2. The van der Waals surface area contributed by atoms with Gasteiger partial charge in [0.25, 0.3) is 0 Å². The molecular weight excluding hydrogens is 523 g/mol. The van der Waals surface area contributed by atoms with Crippen LogP contribution in [0.5, 0.6) is 0 Å². The number of methoxy groups -OCH3 is 1. The van der Waals surface area contributed by atoms with E-state index in [-0.39, 0.29) is 48.8 Å². The van der Waals surface area contributed by atoms with Crippen LogP contribution in [-0.4, -0.2) is 66.5 Å². The highest BCUT2D eigenvalue weighted by Gasteiger charge is 2.47. The molecule has 198 valence electrons. The van der Waals surface area contributed by atoms with Gasteiger partial charge in [-0.05, 0) is 68.1 Å². The molecule has 0 saturated carbocycles. The Hall–Kier alpha value is -1.90. The first-order chi connectivity index (χ1) is 16.5. The smallest absolute Gasteiger partial charge is 0.246 e. The van der Waals surface area contributed by atoms with Crippen molar-refractivity contribution in [3.05, 3.63) is 64.9 Å². The van der Waals surface area contributed by atoms with E-state index in [2.05, 4.69) is 15.2 Å². The Morgan fingerprint density at radius 3 is 2.47 bits per heavy atom. The standard InChI is InChI=1S/C26H33ClN4O3.2ClH/c1-34-19-24(32)29-23(21-4-6-22(27)7-5-21)8-13-30-14-9-26(10-15-30)11-16-31(25(26)33)18-20-3-2-12-28-17-20;;/h2-7,12,17,23H,8-11,13-16,18-19H2,1H3,(H,29,32);2*1H. The van der Waals surface area contributed by atoms with Crippen molar-refractivity contribution in [3.63, 3.8) is 0 Å². The first-order valence-electron chi connectivity index (χ1n) is 11.9. The molecule has 10 heteroatoms. The molecule has 2 aliphatic heterocycles. The molecule has 0 radical (unpaired) electrons. The average molecular weight is 558 g/mol. The van der Waals surface area contributed by atoms with Gasteiger partial charge < -0.3 is 19.9 Å². The number of nitrogens with zero attached hydrogens (tertiary/aromatic N) is 3. The van der Waals surface area contributed by atoms with Crippen LogP contribution >= 0.6 is 36.4 Å². The number of pyridine rings is 1. The molecule has 2 amide bonds. The lowest BCUT2D eigenvalue weighted by Crippen LogP contribution is -2.45. The maximum absolute atomic E-state index is 13.3. The molecule has 1 atom stereocenters. The summed E-state index contributed by atoms with van der Waals surface area (Å²) in [5.74, 6) is 0.159. The lowest BCUT2D eigenvalue weighted by molar-refractivity contribution is -0.139. The topological polar surface area (TPSA) is 74.8 Å². The van der Waals surface area contributed by atoms with Crippen LogP contribution in [0.15, 0.2) is 48.8 Å². The maximum Gasteiger partial charge on any atom is 0.246 e. The van der Waals surface area contributed by atoms with Crippen LogP contribution in [0.4, 0.5) is 0 Å². The Labute approximate surface area is 230 Å². The van der Waals surface area contributed by atoms with Crippen molar-refractivity contribution in [1.82, 2.24) is 20.1 Å². The second-order valence-corrected chi connectivity index (χ2v) is 9.79. The van der Waals surface area contributed by atoms with Gasteiger partial charge in [-0.3, -0.25) is 14.6 Å². The molecule has 1 aromatic carbocycles.